The summed E-state index contributed by atoms with van der Waals surface area (Å²) in [5.74, 6) is 2.26. The van der Waals surface area contributed by atoms with Gasteiger partial charge in [0.05, 0.1) is 12.8 Å². The standard InChI is InChI=1S/C34H39F3N6O3S/c1-21(2)29-19-28(45-5)15-16-30(29)42-17-6-18-47-33(42)40-32(44)39-23(4)22(3)24-7-9-25(10-8-24)31-38-20-43(41-31)26-11-13-27(14-12-26)46-34(35,36)37/h7-16,19-23,32,39,44H,6,17-18H2,1-5H3/b40-33-. The van der Waals surface area contributed by atoms with Gasteiger partial charge in [-0.2, -0.15) is 0 Å². The molecule has 2 heterocycles. The Bertz CT molecular complexity index is 1660. The number of benzene rings is 3. The van der Waals surface area contributed by atoms with Crippen molar-refractivity contribution in [2.45, 2.75) is 64.7 Å². The molecule has 9 nitrogen and oxygen atoms in total. The van der Waals surface area contributed by atoms with E-state index in [9.17, 15) is 18.3 Å². The molecule has 3 aromatic carbocycles. The lowest BCUT2D eigenvalue weighted by Gasteiger charge is -2.33. The number of aliphatic imine (C=N–C) groups is 1. The summed E-state index contributed by atoms with van der Waals surface area (Å²) in [7, 11) is 1.67. The zero-order valence-electron chi connectivity index (χ0n) is 26.9. The predicted octanol–water partition coefficient (Wildman–Crippen LogP) is 7.32. The van der Waals surface area contributed by atoms with E-state index in [2.05, 4.69) is 57.9 Å². The van der Waals surface area contributed by atoms with E-state index in [1.54, 1.807) is 18.9 Å². The molecular weight excluding hydrogens is 629 g/mol. The van der Waals surface area contributed by atoms with Crippen molar-refractivity contribution in [3.63, 3.8) is 0 Å². The molecule has 1 saturated heterocycles. The molecule has 0 bridgehead atoms. The maximum Gasteiger partial charge on any atom is 0.573 e. The summed E-state index contributed by atoms with van der Waals surface area (Å²) in [6.45, 7) is 9.23. The van der Waals surface area contributed by atoms with Gasteiger partial charge in [-0.05, 0) is 78.8 Å². The van der Waals surface area contributed by atoms with Crippen LogP contribution in [0.5, 0.6) is 11.5 Å². The Labute approximate surface area is 276 Å². The van der Waals surface area contributed by atoms with Crippen LogP contribution >= 0.6 is 11.8 Å². The molecular formula is C34H39F3N6O3S. The molecule has 1 fully saturated rings. The van der Waals surface area contributed by atoms with Gasteiger partial charge in [-0.15, -0.1) is 18.3 Å². The van der Waals surface area contributed by atoms with E-state index in [4.69, 9.17) is 9.73 Å². The first-order valence-electron chi connectivity index (χ1n) is 15.4. The van der Waals surface area contributed by atoms with Gasteiger partial charge in [0.1, 0.15) is 17.8 Å². The van der Waals surface area contributed by atoms with Crippen molar-refractivity contribution >= 4 is 22.6 Å². The quantitative estimate of drug-likeness (QED) is 0.161. The van der Waals surface area contributed by atoms with Crippen LogP contribution < -0.4 is 19.7 Å². The fraction of sp³-hybridized carbons (Fsp3) is 0.382. The van der Waals surface area contributed by atoms with Gasteiger partial charge < -0.3 is 19.5 Å². The lowest BCUT2D eigenvalue weighted by molar-refractivity contribution is -0.274. The molecule has 250 valence electrons. The van der Waals surface area contributed by atoms with Crippen molar-refractivity contribution in [1.82, 2.24) is 20.1 Å². The summed E-state index contributed by atoms with van der Waals surface area (Å²) in [6, 6.07) is 19.2. The second-order valence-corrected chi connectivity index (χ2v) is 12.7. The molecule has 13 heteroatoms. The number of aromatic nitrogens is 3. The number of nitrogens with zero attached hydrogens (tertiary/aromatic N) is 5. The number of hydrogen-bond acceptors (Lipinski definition) is 8. The van der Waals surface area contributed by atoms with Crippen LogP contribution in [0.3, 0.4) is 0 Å². The minimum Gasteiger partial charge on any atom is -0.497 e. The maximum atomic E-state index is 12.5. The normalized spacial score (nSPS) is 16.7. The number of alkyl halides is 3. The smallest absolute Gasteiger partial charge is 0.497 e. The predicted molar refractivity (Wildman–Crippen MR) is 179 cm³/mol. The van der Waals surface area contributed by atoms with Crippen LogP contribution in [0.4, 0.5) is 18.9 Å². The van der Waals surface area contributed by atoms with Crippen molar-refractivity contribution < 1.29 is 27.8 Å². The lowest BCUT2D eigenvalue weighted by atomic mass is 9.93. The first-order chi connectivity index (χ1) is 22.4. The van der Waals surface area contributed by atoms with Crippen molar-refractivity contribution in [3.05, 3.63) is 84.2 Å². The number of amidine groups is 1. The molecule has 2 N–H and O–H groups in total. The van der Waals surface area contributed by atoms with Crippen molar-refractivity contribution in [1.29, 1.82) is 0 Å². The maximum absolute atomic E-state index is 12.5. The van der Waals surface area contributed by atoms with E-state index in [1.165, 1.54) is 40.8 Å². The molecule has 0 aliphatic carbocycles. The molecule has 1 aliphatic heterocycles. The molecule has 1 aromatic heterocycles. The van der Waals surface area contributed by atoms with Gasteiger partial charge in [-0.25, -0.2) is 14.7 Å². The Morgan fingerprint density at radius 2 is 1.68 bits per heavy atom. The van der Waals surface area contributed by atoms with E-state index in [1.807, 2.05) is 37.3 Å². The average Bonchev–Trinajstić information content (AvgIpc) is 3.54. The van der Waals surface area contributed by atoms with Crippen molar-refractivity contribution in [2.75, 3.05) is 24.3 Å². The molecule has 0 saturated carbocycles. The fourth-order valence-corrected chi connectivity index (χ4v) is 6.30. The topological polar surface area (TPSA) is 97.0 Å². The first-order valence-corrected chi connectivity index (χ1v) is 16.4. The number of ether oxygens (including phenoxy) is 2. The van der Waals surface area contributed by atoms with Gasteiger partial charge in [0.2, 0.25) is 6.35 Å². The minimum atomic E-state index is -4.75. The zero-order chi connectivity index (χ0) is 33.7. The Balaban J connectivity index is 1.23. The van der Waals surface area contributed by atoms with Crippen molar-refractivity contribution in [3.8, 4) is 28.6 Å². The number of aliphatic hydroxyl groups excluding tert-OH is 1. The van der Waals surface area contributed by atoms with E-state index < -0.39 is 12.7 Å². The molecule has 3 atom stereocenters. The SMILES string of the molecule is COc1ccc(N2CCCS/C2=N\C(O)NC(C)C(C)c2ccc(-c3ncn(-c4ccc(OC(F)(F)F)cc4)n3)cc2)c(C(C)C)c1. The Hall–Kier alpha value is -4.07. The summed E-state index contributed by atoms with van der Waals surface area (Å²) >= 11 is 1.64. The van der Waals surface area contributed by atoms with Gasteiger partial charge in [0.15, 0.2) is 11.0 Å². The number of nitrogens with one attached hydrogen (secondary N) is 1. The monoisotopic (exact) mass is 668 g/mol. The summed E-state index contributed by atoms with van der Waals surface area (Å²) in [4.78, 5) is 11.3. The van der Waals surface area contributed by atoms with Crippen molar-refractivity contribution in [2.24, 2.45) is 4.99 Å². The van der Waals surface area contributed by atoms with E-state index in [0.29, 0.717) is 11.5 Å². The number of rotatable bonds is 11. The molecule has 0 radical (unpaired) electrons. The minimum absolute atomic E-state index is 0.0473. The van der Waals surface area contributed by atoms with Gasteiger partial charge in [-0.3, -0.25) is 5.32 Å². The number of hydrogen-bond donors (Lipinski definition) is 2. The summed E-state index contributed by atoms with van der Waals surface area (Å²) < 4.78 is 48.3. The largest absolute Gasteiger partial charge is 0.573 e. The highest BCUT2D eigenvalue weighted by atomic mass is 32.2. The average molecular weight is 669 g/mol. The third-order valence-corrected chi connectivity index (χ3v) is 9.13. The van der Waals surface area contributed by atoms with Gasteiger partial charge in [0.25, 0.3) is 0 Å². The molecule has 0 amide bonds. The van der Waals surface area contributed by atoms with E-state index in [0.717, 1.165) is 46.4 Å². The summed E-state index contributed by atoms with van der Waals surface area (Å²) in [6.07, 6.45) is -3.31. The number of halogens is 3. The summed E-state index contributed by atoms with van der Waals surface area (Å²) in [5, 5.41) is 19.5. The summed E-state index contributed by atoms with van der Waals surface area (Å²) in [5.41, 5.74) is 4.64. The molecule has 1 aliphatic rings. The van der Waals surface area contributed by atoms with Gasteiger partial charge in [-0.1, -0.05) is 56.8 Å². The molecule has 3 unspecified atom stereocenters. The van der Waals surface area contributed by atoms with Crippen LogP contribution in [0.2, 0.25) is 0 Å². The van der Waals surface area contributed by atoms with Crippen LogP contribution in [-0.2, 0) is 0 Å². The van der Waals surface area contributed by atoms with Gasteiger partial charge >= 0.3 is 6.36 Å². The zero-order valence-corrected chi connectivity index (χ0v) is 27.7. The number of anilines is 1. The number of methoxy groups -OCH3 is 1. The molecule has 47 heavy (non-hydrogen) atoms. The molecule has 4 aromatic rings. The number of aliphatic hydroxyl groups is 1. The fourth-order valence-electron chi connectivity index (χ4n) is 5.32. The lowest BCUT2D eigenvalue weighted by Crippen LogP contribution is -2.41. The third kappa shape index (κ3) is 8.65. The van der Waals surface area contributed by atoms with Crippen LogP contribution in [0, 0.1) is 0 Å². The van der Waals surface area contributed by atoms with Crippen LogP contribution in [-0.4, -0.2) is 63.2 Å². The molecule has 0 spiro atoms. The van der Waals surface area contributed by atoms with Crippen LogP contribution in [0.25, 0.3) is 17.1 Å². The first kappa shape index (κ1) is 34.3. The van der Waals surface area contributed by atoms with E-state index in [-0.39, 0.29) is 23.6 Å². The second kappa shape index (κ2) is 14.8. The van der Waals surface area contributed by atoms with Gasteiger partial charge in [0, 0.05) is 29.6 Å². The highest BCUT2D eigenvalue weighted by Gasteiger charge is 2.31. The highest BCUT2D eigenvalue weighted by Crippen LogP contribution is 2.35. The Morgan fingerprint density at radius 1 is 0.979 bits per heavy atom. The highest BCUT2D eigenvalue weighted by molar-refractivity contribution is 8.14. The third-order valence-electron chi connectivity index (χ3n) is 8.05. The Morgan fingerprint density at radius 3 is 2.34 bits per heavy atom. The van der Waals surface area contributed by atoms with Crippen LogP contribution in [0.1, 0.15) is 57.1 Å². The molecule has 5 rings (SSSR count). The number of thioether (sulfide) groups is 1. The van der Waals surface area contributed by atoms with Crippen LogP contribution in [0.15, 0.2) is 78.0 Å². The van der Waals surface area contributed by atoms with E-state index >= 15 is 0 Å². The second-order valence-electron chi connectivity index (χ2n) is 11.6. The Kier molecular flexibility index (Phi) is 10.8.